The van der Waals surface area contributed by atoms with Gasteiger partial charge in [0.15, 0.2) is 0 Å². The number of halogens is 4. The molecule has 3 heterocycles. The van der Waals surface area contributed by atoms with Crippen LogP contribution in [0.15, 0.2) is 61.2 Å². The largest absolute Gasteiger partial charge is 0.418 e. The van der Waals surface area contributed by atoms with Crippen molar-refractivity contribution < 1.29 is 22.8 Å². The molecule has 212 valence electrons. The van der Waals surface area contributed by atoms with E-state index in [1.165, 1.54) is 12.5 Å². The minimum Gasteiger partial charge on any atom is -0.342 e. The predicted octanol–water partition coefficient (Wildman–Crippen LogP) is 7.31. The average Bonchev–Trinajstić information content (AvgIpc) is 3.41. The molecule has 0 saturated carbocycles. The Bertz CT molecular complexity index is 1440. The highest BCUT2D eigenvalue weighted by Gasteiger charge is 2.34. The number of thiazole rings is 1. The quantitative estimate of drug-likeness (QED) is 0.265. The lowest BCUT2D eigenvalue weighted by Gasteiger charge is -2.12. The van der Waals surface area contributed by atoms with Gasteiger partial charge in [0.2, 0.25) is 0 Å². The maximum Gasteiger partial charge on any atom is 0.418 e. The van der Waals surface area contributed by atoms with E-state index in [0.29, 0.717) is 16.8 Å². The van der Waals surface area contributed by atoms with Crippen molar-refractivity contribution in [2.75, 3.05) is 5.32 Å². The number of amides is 2. The number of carbonyl (C=O) groups is 2. The van der Waals surface area contributed by atoms with E-state index in [1.807, 2.05) is 45.9 Å². The first-order chi connectivity index (χ1) is 18.9. The van der Waals surface area contributed by atoms with Crippen molar-refractivity contribution in [3.8, 4) is 0 Å². The van der Waals surface area contributed by atoms with Gasteiger partial charge in [-0.15, -0.1) is 11.3 Å². The van der Waals surface area contributed by atoms with Gasteiger partial charge in [-0.2, -0.15) is 13.2 Å². The van der Waals surface area contributed by atoms with Crippen LogP contribution in [0.1, 0.15) is 77.1 Å². The first-order valence-corrected chi connectivity index (χ1v) is 13.2. The van der Waals surface area contributed by atoms with Crippen molar-refractivity contribution in [2.24, 2.45) is 0 Å². The standard InChI is InChI=1S/C25H22ClF3N6O2S.C2H6/c1-5-6-7-15(13(2)3)18-9-19(33-12-32-18)22(36)34-14(4)24-31-11-20(38-24)23(37)35-21-8-16(25(27,28)29)17(26)10-30-21;1-2/h5-12,14H,2H2,1,3-4H3,(H,34,36)(H,30,35,37);1-2H3/b6-5-,15-7+;. The van der Waals surface area contributed by atoms with Crippen molar-refractivity contribution >= 4 is 46.1 Å². The van der Waals surface area contributed by atoms with Crippen LogP contribution in [-0.4, -0.2) is 31.8 Å². The molecule has 0 aliphatic rings. The summed E-state index contributed by atoms with van der Waals surface area (Å²) in [4.78, 5) is 41.7. The average molecular weight is 593 g/mol. The number of alkyl halides is 3. The second-order valence-electron chi connectivity index (χ2n) is 7.93. The molecule has 0 bridgehead atoms. The molecule has 0 aliphatic heterocycles. The molecule has 8 nitrogen and oxygen atoms in total. The van der Waals surface area contributed by atoms with Gasteiger partial charge in [0.25, 0.3) is 11.8 Å². The second-order valence-corrected chi connectivity index (χ2v) is 9.40. The van der Waals surface area contributed by atoms with Crippen LogP contribution in [0.4, 0.5) is 19.0 Å². The van der Waals surface area contributed by atoms with Crippen molar-refractivity contribution in [2.45, 2.75) is 46.8 Å². The molecule has 0 aliphatic carbocycles. The van der Waals surface area contributed by atoms with Crippen molar-refractivity contribution in [1.29, 1.82) is 0 Å². The van der Waals surface area contributed by atoms with Gasteiger partial charge in [0.05, 0.1) is 28.5 Å². The van der Waals surface area contributed by atoms with E-state index < -0.39 is 34.6 Å². The predicted molar refractivity (Wildman–Crippen MR) is 151 cm³/mol. The summed E-state index contributed by atoms with van der Waals surface area (Å²) in [7, 11) is 0. The molecule has 0 radical (unpaired) electrons. The van der Waals surface area contributed by atoms with E-state index in [2.05, 4.69) is 37.1 Å². The molecule has 2 amide bonds. The molecule has 2 N–H and O–H groups in total. The minimum absolute atomic E-state index is 0.107. The maximum atomic E-state index is 13.1. The van der Waals surface area contributed by atoms with E-state index in [4.69, 9.17) is 11.6 Å². The summed E-state index contributed by atoms with van der Waals surface area (Å²) < 4.78 is 39.2. The van der Waals surface area contributed by atoms with E-state index in [0.717, 1.165) is 28.7 Å². The lowest BCUT2D eigenvalue weighted by Crippen LogP contribution is -2.27. The number of pyridine rings is 1. The van der Waals surface area contributed by atoms with Crippen LogP contribution in [0.2, 0.25) is 5.02 Å². The molecule has 13 heteroatoms. The van der Waals surface area contributed by atoms with E-state index in [-0.39, 0.29) is 16.4 Å². The van der Waals surface area contributed by atoms with Crippen LogP contribution < -0.4 is 10.6 Å². The van der Waals surface area contributed by atoms with Gasteiger partial charge in [-0.3, -0.25) is 9.59 Å². The third kappa shape index (κ3) is 8.55. The summed E-state index contributed by atoms with van der Waals surface area (Å²) in [6.07, 6.45) is 4.17. The molecule has 3 rings (SSSR count). The summed E-state index contributed by atoms with van der Waals surface area (Å²) in [5.74, 6) is -1.52. The molecular weight excluding hydrogens is 565 g/mol. The first kappa shape index (κ1) is 32.3. The lowest BCUT2D eigenvalue weighted by molar-refractivity contribution is -0.137. The lowest BCUT2D eigenvalue weighted by atomic mass is 10.0. The number of hydrogen-bond donors (Lipinski definition) is 2. The van der Waals surface area contributed by atoms with Gasteiger partial charge in [0, 0.05) is 11.8 Å². The number of nitrogens with one attached hydrogen (secondary N) is 2. The molecule has 40 heavy (non-hydrogen) atoms. The van der Waals surface area contributed by atoms with Gasteiger partial charge in [-0.1, -0.05) is 50.3 Å². The summed E-state index contributed by atoms with van der Waals surface area (Å²) in [5.41, 5.74) is 1.05. The number of nitrogens with zero attached hydrogens (tertiary/aromatic N) is 4. The Labute approximate surface area is 239 Å². The monoisotopic (exact) mass is 592 g/mol. The molecule has 0 spiro atoms. The van der Waals surface area contributed by atoms with Crippen LogP contribution in [0, 0.1) is 0 Å². The minimum atomic E-state index is -4.70. The van der Waals surface area contributed by atoms with Crippen LogP contribution in [0.3, 0.4) is 0 Å². The van der Waals surface area contributed by atoms with Gasteiger partial charge >= 0.3 is 6.18 Å². The highest BCUT2D eigenvalue weighted by Crippen LogP contribution is 2.35. The normalized spacial score (nSPS) is 12.4. The van der Waals surface area contributed by atoms with Crippen LogP contribution in [0.25, 0.3) is 5.57 Å². The summed E-state index contributed by atoms with van der Waals surface area (Å²) in [6.45, 7) is 13.3. The molecular formula is C27H28ClF3N6O2S. The molecule has 0 saturated heterocycles. The fourth-order valence-corrected chi connectivity index (χ4v) is 4.12. The third-order valence-corrected chi connectivity index (χ3v) is 6.44. The first-order valence-electron chi connectivity index (χ1n) is 12.0. The molecule has 1 atom stereocenters. The van der Waals surface area contributed by atoms with Gasteiger partial charge in [-0.25, -0.2) is 19.9 Å². The van der Waals surface area contributed by atoms with Crippen LogP contribution in [-0.2, 0) is 6.18 Å². The Hall–Kier alpha value is -3.90. The number of carbonyl (C=O) groups excluding carboxylic acids is 2. The fourth-order valence-electron chi connectivity index (χ4n) is 3.09. The van der Waals surface area contributed by atoms with E-state index in [9.17, 15) is 22.8 Å². The van der Waals surface area contributed by atoms with Crippen molar-refractivity contribution in [3.63, 3.8) is 0 Å². The zero-order valence-electron chi connectivity index (χ0n) is 22.4. The number of rotatable bonds is 8. The van der Waals surface area contributed by atoms with E-state index >= 15 is 0 Å². The third-order valence-electron chi connectivity index (χ3n) is 4.96. The van der Waals surface area contributed by atoms with E-state index in [1.54, 1.807) is 13.0 Å². The fraction of sp³-hybridized carbons (Fsp3) is 0.259. The second kappa shape index (κ2) is 14.5. The molecule has 0 aromatic carbocycles. The number of aromatic nitrogens is 4. The highest BCUT2D eigenvalue weighted by atomic mass is 35.5. The maximum absolute atomic E-state index is 13.1. The zero-order chi connectivity index (χ0) is 30.0. The Morgan fingerprint density at radius 2 is 1.75 bits per heavy atom. The van der Waals surface area contributed by atoms with Gasteiger partial charge in [0.1, 0.15) is 27.7 Å². The van der Waals surface area contributed by atoms with Gasteiger partial charge < -0.3 is 10.6 Å². The van der Waals surface area contributed by atoms with Crippen LogP contribution in [0.5, 0.6) is 0 Å². The van der Waals surface area contributed by atoms with Crippen LogP contribution >= 0.6 is 22.9 Å². The Balaban J connectivity index is 0.00000274. The van der Waals surface area contributed by atoms with Crippen molar-refractivity contribution in [3.05, 3.63) is 93.1 Å². The zero-order valence-corrected chi connectivity index (χ0v) is 24.0. The Morgan fingerprint density at radius 3 is 2.38 bits per heavy atom. The number of allylic oxidation sites excluding steroid dienone is 5. The number of anilines is 1. The topological polar surface area (TPSA) is 110 Å². The molecule has 0 fully saturated rings. The number of hydrogen-bond acceptors (Lipinski definition) is 7. The summed E-state index contributed by atoms with van der Waals surface area (Å²) >= 11 is 6.53. The van der Waals surface area contributed by atoms with Crippen molar-refractivity contribution in [1.82, 2.24) is 25.3 Å². The molecule has 3 aromatic rings. The summed E-state index contributed by atoms with van der Waals surface area (Å²) in [6, 6.07) is 1.59. The van der Waals surface area contributed by atoms with Gasteiger partial charge in [-0.05, 0) is 38.5 Å². The molecule has 1 unspecified atom stereocenters. The molecule has 3 aromatic heterocycles. The highest BCUT2D eigenvalue weighted by molar-refractivity contribution is 7.13. The Kier molecular flexibility index (Phi) is 11.7. The SMILES string of the molecule is C=C(C)/C(=C\C=C/C)c1cc(C(=O)NC(C)c2ncc(C(=O)Nc3cc(C(F)(F)F)c(Cl)cn3)s2)ncn1.CC. The summed E-state index contributed by atoms with van der Waals surface area (Å²) in [5, 5.41) is 4.87. The smallest absolute Gasteiger partial charge is 0.342 e. The Morgan fingerprint density at radius 1 is 1.07 bits per heavy atom.